The second kappa shape index (κ2) is 4.83. The number of nitrogens with two attached hydrogens (primary N) is 1. The molecule has 1 fully saturated rings. The molecule has 2 nitrogen and oxygen atoms in total. The number of ether oxygens (including phenoxy) is 1. The fourth-order valence-electron chi connectivity index (χ4n) is 1.72. The molecule has 1 unspecified atom stereocenters. The largest absolute Gasteiger partial charge is 0.377 e. The van der Waals surface area contributed by atoms with Crippen molar-refractivity contribution in [3.8, 4) is 0 Å². The highest BCUT2D eigenvalue weighted by Gasteiger charge is 2.35. The van der Waals surface area contributed by atoms with Gasteiger partial charge < -0.3 is 10.5 Å². The Morgan fingerprint density at radius 3 is 2.50 bits per heavy atom. The van der Waals surface area contributed by atoms with Crippen LogP contribution in [-0.2, 0) is 4.74 Å². The van der Waals surface area contributed by atoms with Gasteiger partial charge in [-0.1, -0.05) is 13.3 Å². The molecule has 0 aromatic carbocycles. The molecule has 0 saturated heterocycles. The van der Waals surface area contributed by atoms with E-state index in [0.717, 1.165) is 25.4 Å². The first-order valence-electron chi connectivity index (χ1n) is 5.16. The van der Waals surface area contributed by atoms with Gasteiger partial charge in [0.2, 0.25) is 0 Å². The molecule has 0 bridgehead atoms. The summed E-state index contributed by atoms with van der Waals surface area (Å²) in [7, 11) is 0. The van der Waals surface area contributed by atoms with Crippen LogP contribution < -0.4 is 5.73 Å². The van der Waals surface area contributed by atoms with E-state index >= 15 is 0 Å². The van der Waals surface area contributed by atoms with Gasteiger partial charge in [-0.3, -0.25) is 0 Å². The summed E-state index contributed by atoms with van der Waals surface area (Å²) < 4.78 is 5.66. The molecule has 1 saturated carbocycles. The van der Waals surface area contributed by atoms with Crippen LogP contribution >= 0.6 is 0 Å². The minimum Gasteiger partial charge on any atom is -0.377 e. The summed E-state index contributed by atoms with van der Waals surface area (Å²) in [4.78, 5) is 0. The second-order valence-corrected chi connectivity index (χ2v) is 3.71. The van der Waals surface area contributed by atoms with Crippen molar-refractivity contribution < 1.29 is 4.74 Å². The van der Waals surface area contributed by atoms with Gasteiger partial charge >= 0.3 is 0 Å². The van der Waals surface area contributed by atoms with Gasteiger partial charge in [0.05, 0.1) is 6.10 Å². The van der Waals surface area contributed by atoms with Crippen LogP contribution in [0.1, 0.15) is 39.5 Å². The molecule has 1 aliphatic rings. The SMILES string of the molecule is CCC[C@H](N)C(OCC)C1CC1. The summed E-state index contributed by atoms with van der Waals surface area (Å²) >= 11 is 0. The molecule has 0 radical (unpaired) electrons. The zero-order valence-corrected chi connectivity index (χ0v) is 8.25. The van der Waals surface area contributed by atoms with Crippen LogP contribution in [0.2, 0.25) is 0 Å². The lowest BCUT2D eigenvalue weighted by Crippen LogP contribution is -2.38. The molecule has 12 heavy (non-hydrogen) atoms. The van der Waals surface area contributed by atoms with Crippen LogP contribution in [0.25, 0.3) is 0 Å². The maximum absolute atomic E-state index is 6.03. The highest BCUT2D eigenvalue weighted by molar-refractivity contribution is 4.88. The Morgan fingerprint density at radius 1 is 1.42 bits per heavy atom. The van der Waals surface area contributed by atoms with Gasteiger partial charge in [-0.25, -0.2) is 0 Å². The molecule has 72 valence electrons. The van der Waals surface area contributed by atoms with E-state index in [0.29, 0.717) is 6.10 Å². The first-order chi connectivity index (χ1) is 5.79. The van der Waals surface area contributed by atoms with Crippen molar-refractivity contribution in [2.45, 2.75) is 51.7 Å². The highest BCUT2D eigenvalue weighted by Crippen LogP contribution is 2.36. The average Bonchev–Trinajstić information content (AvgIpc) is 2.83. The van der Waals surface area contributed by atoms with Crippen LogP contribution in [0.4, 0.5) is 0 Å². The number of hydrogen-bond donors (Lipinski definition) is 1. The number of hydrogen-bond acceptors (Lipinski definition) is 2. The van der Waals surface area contributed by atoms with Crippen LogP contribution in [-0.4, -0.2) is 18.8 Å². The lowest BCUT2D eigenvalue weighted by Gasteiger charge is -2.23. The van der Waals surface area contributed by atoms with Crippen molar-refractivity contribution in [2.75, 3.05) is 6.61 Å². The third kappa shape index (κ3) is 2.76. The average molecular weight is 171 g/mol. The molecule has 0 aromatic rings. The maximum Gasteiger partial charge on any atom is 0.0753 e. The normalized spacial score (nSPS) is 22.2. The van der Waals surface area contributed by atoms with E-state index in [4.69, 9.17) is 10.5 Å². The minimum atomic E-state index is 0.266. The standard InChI is InChI=1S/C10H21NO/c1-3-5-9(11)10(12-4-2)8-6-7-8/h8-10H,3-7,11H2,1-2H3/t9-,10?/m0/s1. The number of rotatable bonds is 6. The topological polar surface area (TPSA) is 35.2 Å². The van der Waals surface area contributed by atoms with E-state index in [1.54, 1.807) is 0 Å². The Balaban J connectivity index is 2.29. The molecular weight excluding hydrogens is 150 g/mol. The lowest BCUT2D eigenvalue weighted by atomic mass is 10.0. The fourth-order valence-corrected chi connectivity index (χ4v) is 1.72. The zero-order valence-electron chi connectivity index (χ0n) is 8.25. The summed E-state index contributed by atoms with van der Waals surface area (Å²) in [6, 6.07) is 0.266. The summed E-state index contributed by atoms with van der Waals surface area (Å²) in [5.41, 5.74) is 6.03. The monoisotopic (exact) mass is 171 g/mol. The van der Waals surface area contributed by atoms with E-state index < -0.39 is 0 Å². The molecule has 0 aromatic heterocycles. The van der Waals surface area contributed by atoms with Gasteiger partial charge in [-0.2, -0.15) is 0 Å². The van der Waals surface area contributed by atoms with E-state index in [1.165, 1.54) is 12.8 Å². The summed E-state index contributed by atoms with van der Waals surface area (Å²) in [5.74, 6) is 0.770. The summed E-state index contributed by atoms with van der Waals surface area (Å²) in [6.07, 6.45) is 5.25. The quantitative estimate of drug-likeness (QED) is 0.662. The summed E-state index contributed by atoms with van der Waals surface area (Å²) in [5, 5.41) is 0. The van der Waals surface area contributed by atoms with E-state index in [9.17, 15) is 0 Å². The van der Waals surface area contributed by atoms with Crippen LogP contribution in [0.3, 0.4) is 0 Å². The fraction of sp³-hybridized carbons (Fsp3) is 1.00. The first kappa shape index (κ1) is 10.0. The van der Waals surface area contributed by atoms with Crippen LogP contribution in [0.5, 0.6) is 0 Å². The molecule has 0 spiro atoms. The van der Waals surface area contributed by atoms with Crippen molar-refractivity contribution in [2.24, 2.45) is 11.7 Å². The van der Waals surface area contributed by atoms with Crippen molar-refractivity contribution >= 4 is 0 Å². The molecule has 2 N–H and O–H groups in total. The van der Waals surface area contributed by atoms with Gasteiger partial charge in [0.15, 0.2) is 0 Å². The molecule has 0 heterocycles. The molecule has 0 aliphatic heterocycles. The van der Waals surface area contributed by atoms with Crippen molar-refractivity contribution in [1.29, 1.82) is 0 Å². The molecule has 0 amide bonds. The third-order valence-corrected chi connectivity index (χ3v) is 2.49. The maximum atomic E-state index is 6.03. The van der Waals surface area contributed by atoms with Gasteiger partial charge in [-0.15, -0.1) is 0 Å². The highest BCUT2D eigenvalue weighted by atomic mass is 16.5. The van der Waals surface area contributed by atoms with Crippen molar-refractivity contribution in [3.05, 3.63) is 0 Å². The van der Waals surface area contributed by atoms with Crippen molar-refractivity contribution in [1.82, 2.24) is 0 Å². The Kier molecular flexibility index (Phi) is 4.02. The van der Waals surface area contributed by atoms with Crippen molar-refractivity contribution in [3.63, 3.8) is 0 Å². The van der Waals surface area contributed by atoms with Gasteiger partial charge in [0.1, 0.15) is 0 Å². The lowest BCUT2D eigenvalue weighted by molar-refractivity contribution is 0.0266. The smallest absolute Gasteiger partial charge is 0.0753 e. The third-order valence-electron chi connectivity index (χ3n) is 2.49. The second-order valence-electron chi connectivity index (χ2n) is 3.71. The van der Waals surface area contributed by atoms with Gasteiger partial charge in [0, 0.05) is 12.6 Å². The van der Waals surface area contributed by atoms with Gasteiger partial charge in [-0.05, 0) is 32.1 Å². The molecule has 2 heteroatoms. The van der Waals surface area contributed by atoms with Crippen LogP contribution in [0, 0.1) is 5.92 Å². The zero-order chi connectivity index (χ0) is 8.97. The predicted molar refractivity (Wildman–Crippen MR) is 51.0 cm³/mol. The predicted octanol–water partition coefficient (Wildman–Crippen LogP) is 1.93. The van der Waals surface area contributed by atoms with E-state index in [1.807, 2.05) is 6.92 Å². The van der Waals surface area contributed by atoms with Gasteiger partial charge in [0.25, 0.3) is 0 Å². The Bertz CT molecular complexity index is 123. The minimum absolute atomic E-state index is 0.266. The molecule has 1 aliphatic carbocycles. The first-order valence-corrected chi connectivity index (χ1v) is 5.16. The van der Waals surface area contributed by atoms with E-state index in [2.05, 4.69) is 6.92 Å². The molecular formula is C10H21NO. The van der Waals surface area contributed by atoms with Crippen LogP contribution in [0.15, 0.2) is 0 Å². The Hall–Kier alpha value is -0.0800. The Morgan fingerprint density at radius 2 is 2.08 bits per heavy atom. The molecule has 1 rings (SSSR count). The summed E-state index contributed by atoms with van der Waals surface area (Å²) in [6.45, 7) is 5.03. The molecule has 2 atom stereocenters. The van der Waals surface area contributed by atoms with E-state index in [-0.39, 0.29) is 6.04 Å². The Labute approximate surface area is 75.5 Å².